The third-order valence-electron chi connectivity index (χ3n) is 1.55. The molecule has 0 aliphatic carbocycles. The number of carbonyl (C=O) groups excluding carboxylic acids is 1. The molecular formula is C7H9BrN2OS. The van der Waals surface area contributed by atoms with Gasteiger partial charge in [-0.25, -0.2) is 0 Å². The molecule has 0 saturated carbocycles. The highest BCUT2D eigenvalue weighted by atomic mass is 79.9. The molecule has 0 aromatic carbocycles. The van der Waals surface area contributed by atoms with Gasteiger partial charge >= 0.3 is 0 Å². The van der Waals surface area contributed by atoms with E-state index in [1.807, 2.05) is 6.92 Å². The Morgan fingerprint density at radius 1 is 1.83 bits per heavy atom. The lowest BCUT2D eigenvalue weighted by molar-refractivity contribution is 0.0797. The topological polar surface area (TPSA) is 33.2 Å². The molecule has 3 nitrogen and oxygen atoms in total. The van der Waals surface area contributed by atoms with Crippen molar-refractivity contribution in [2.45, 2.75) is 6.92 Å². The van der Waals surface area contributed by atoms with Crippen LogP contribution in [0, 0.1) is 0 Å². The lowest BCUT2D eigenvalue weighted by Crippen LogP contribution is -2.26. The maximum Gasteiger partial charge on any atom is 0.274 e. The Balaban J connectivity index is 2.85. The largest absolute Gasteiger partial charge is 0.341 e. The van der Waals surface area contributed by atoms with Gasteiger partial charge in [-0.05, 0) is 34.4 Å². The third-order valence-corrected chi connectivity index (χ3v) is 3.09. The molecule has 0 saturated heterocycles. The Morgan fingerprint density at radius 2 is 2.50 bits per heavy atom. The SMILES string of the molecule is CCN(C)C(=O)c1nscc1Br. The van der Waals surface area contributed by atoms with Crippen LogP contribution in [0.2, 0.25) is 0 Å². The predicted octanol–water partition coefficient (Wildman–Crippen LogP) is 2.00. The van der Waals surface area contributed by atoms with Gasteiger partial charge in [-0.1, -0.05) is 0 Å². The molecule has 0 unspecified atom stereocenters. The summed E-state index contributed by atoms with van der Waals surface area (Å²) in [6.45, 7) is 2.63. The highest BCUT2D eigenvalue weighted by molar-refractivity contribution is 9.10. The molecule has 1 amide bonds. The van der Waals surface area contributed by atoms with E-state index in [2.05, 4.69) is 20.3 Å². The summed E-state index contributed by atoms with van der Waals surface area (Å²) in [4.78, 5) is 13.1. The zero-order chi connectivity index (χ0) is 9.14. The van der Waals surface area contributed by atoms with Crippen molar-refractivity contribution in [2.75, 3.05) is 13.6 Å². The average molecular weight is 249 g/mol. The summed E-state index contributed by atoms with van der Waals surface area (Å²) < 4.78 is 4.76. The van der Waals surface area contributed by atoms with Crippen LogP contribution in [0.25, 0.3) is 0 Å². The van der Waals surface area contributed by atoms with Crippen LogP contribution in [-0.4, -0.2) is 28.8 Å². The Morgan fingerprint density at radius 3 is 2.92 bits per heavy atom. The first kappa shape index (κ1) is 9.67. The van der Waals surface area contributed by atoms with Crippen LogP contribution >= 0.6 is 27.5 Å². The van der Waals surface area contributed by atoms with E-state index in [0.29, 0.717) is 12.2 Å². The van der Waals surface area contributed by atoms with E-state index in [4.69, 9.17) is 0 Å². The Kier molecular flexibility index (Phi) is 3.22. The van der Waals surface area contributed by atoms with Crippen molar-refractivity contribution in [1.29, 1.82) is 0 Å². The predicted molar refractivity (Wildman–Crippen MR) is 52.4 cm³/mol. The third kappa shape index (κ3) is 1.84. The second kappa shape index (κ2) is 4.00. The molecule has 1 heterocycles. The van der Waals surface area contributed by atoms with Gasteiger partial charge in [0, 0.05) is 19.0 Å². The second-order valence-corrected chi connectivity index (χ2v) is 3.81. The molecule has 66 valence electrons. The van der Waals surface area contributed by atoms with Gasteiger partial charge in [0.15, 0.2) is 5.69 Å². The van der Waals surface area contributed by atoms with Crippen LogP contribution in [-0.2, 0) is 0 Å². The smallest absolute Gasteiger partial charge is 0.274 e. The summed E-state index contributed by atoms with van der Waals surface area (Å²) in [6, 6.07) is 0. The minimum absolute atomic E-state index is 0.0365. The molecule has 1 rings (SSSR count). The maximum absolute atomic E-state index is 11.5. The summed E-state index contributed by atoms with van der Waals surface area (Å²) in [5.41, 5.74) is 0.504. The van der Waals surface area contributed by atoms with Crippen LogP contribution < -0.4 is 0 Å². The zero-order valence-electron chi connectivity index (χ0n) is 6.87. The highest BCUT2D eigenvalue weighted by Gasteiger charge is 2.15. The first-order valence-electron chi connectivity index (χ1n) is 3.52. The van der Waals surface area contributed by atoms with E-state index in [0.717, 1.165) is 4.47 Å². The van der Waals surface area contributed by atoms with Crippen molar-refractivity contribution < 1.29 is 4.79 Å². The normalized spacial score (nSPS) is 9.92. The van der Waals surface area contributed by atoms with Crippen molar-refractivity contribution in [2.24, 2.45) is 0 Å². The molecule has 5 heteroatoms. The summed E-state index contributed by atoms with van der Waals surface area (Å²) in [5.74, 6) is -0.0365. The fourth-order valence-electron chi connectivity index (χ4n) is 0.690. The highest BCUT2D eigenvalue weighted by Crippen LogP contribution is 2.18. The van der Waals surface area contributed by atoms with Gasteiger partial charge in [0.2, 0.25) is 0 Å². The fourth-order valence-corrected chi connectivity index (χ4v) is 1.86. The van der Waals surface area contributed by atoms with Gasteiger partial charge < -0.3 is 4.90 Å². The zero-order valence-corrected chi connectivity index (χ0v) is 9.28. The molecule has 0 radical (unpaired) electrons. The number of carbonyl (C=O) groups is 1. The molecule has 12 heavy (non-hydrogen) atoms. The van der Waals surface area contributed by atoms with Crippen LogP contribution in [0.15, 0.2) is 9.85 Å². The van der Waals surface area contributed by atoms with Crippen LogP contribution in [0.1, 0.15) is 17.4 Å². The quantitative estimate of drug-likeness (QED) is 0.803. The van der Waals surface area contributed by atoms with Gasteiger partial charge in [0.25, 0.3) is 5.91 Å². The van der Waals surface area contributed by atoms with Gasteiger partial charge in [-0.2, -0.15) is 4.37 Å². The van der Waals surface area contributed by atoms with Crippen molar-refractivity contribution in [3.63, 3.8) is 0 Å². The number of aromatic nitrogens is 1. The van der Waals surface area contributed by atoms with Crippen molar-refractivity contribution in [1.82, 2.24) is 9.27 Å². The lowest BCUT2D eigenvalue weighted by atomic mass is 10.4. The Hall–Kier alpha value is -0.420. The van der Waals surface area contributed by atoms with E-state index in [1.54, 1.807) is 17.3 Å². The minimum Gasteiger partial charge on any atom is -0.341 e. The molecular weight excluding hydrogens is 240 g/mol. The molecule has 0 N–H and O–H groups in total. The fraction of sp³-hybridized carbons (Fsp3) is 0.429. The van der Waals surface area contributed by atoms with Gasteiger partial charge in [-0.15, -0.1) is 0 Å². The molecule has 0 fully saturated rings. The molecule has 0 aliphatic heterocycles. The average Bonchev–Trinajstić information content (AvgIpc) is 2.48. The molecule has 0 aliphatic rings. The number of halogens is 1. The van der Waals surface area contributed by atoms with Crippen LogP contribution in [0.4, 0.5) is 0 Å². The van der Waals surface area contributed by atoms with Crippen LogP contribution in [0.3, 0.4) is 0 Å². The molecule has 1 aromatic rings. The molecule has 1 aromatic heterocycles. The molecule has 0 atom stereocenters. The lowest BCUT2D eigenvalue weighted by Gasteiger charge is -2.12. The maximum atomic E-state index is 11.5. The molecule has 0 bridgehead atoms. The number of hydrogen-bond donors (Lipinski definition) is 0. The van der Waals surface area contributed by atoms with E-state index < -0.39 is 0 Å². The summed E-state index contributed by atoms with van der Waals surface area (Å²) in [7, 11) is 1.76. The number of hydrogen-bond acceptors (Lipinski definition) is 3. The van der Waals surface area contributed by atoms with E-state index >= 15 is 0 Å². The minimum atomic E-state index is -0.0365. The van der Waals surface area contributed by atoms with E-state index in [1.165, 1.54) is 11.5 Å². The summed E-state index contributed by atoms with van der Waals surface area (Å²) in [5, 5.41) is 1.80. The number of amides is 1. The Bertz CT molecular complexity index is 287. The standard InChI is InChI=1S/C7H9BrN2OS/c1-3-10(2)7(11)6-5(8)4-12-9-6/h4H,3H2,1-2H3. The molecule has 0 spiro atoms. The number of rotatable bonds is 2. The first-order chi connectivity index (χ1) is 5.66. The first-order valence-corrected chi connectivity index (χ1v) is 5.15. The van der Waals surface area contributed by atoms with Crippen molar-refractivity contribution >= 4 is 33.4 Å². The van der Waals surface area contributed by atoms with Crippen LogP contribution in [0.5, 0.6) is 0 Å². The Labute approximate surface area is 83.7 Å². The summed E-state index contributed by atoms with van der Waals surface area (Å²) in [6.07, 6.45) is 0. The van der Waals surface area contributed by atoms with Gasteiger partial charge in [0.1, 0.15) is 0 Å². The van der Waals surface area contributed by atoms with Crippen molar-refractivity contribution in [3.05, 3.63) is 15.5 Å². The van der Waals surface area contributed by atoms with Gasteiger partial charge in [-0.3, -0.25) is 4.79 Å². The monoisotopic (exact) mass is 248 g/mol. The number of nitrogens with zero attached hydrogens (tertiary/aromatic N) is 2. The summed E-state index contributed by atoms with van der Waals surface area (Å²) >= 11 is 4.54. The second-order valence-electron chi connectivity index (χ2n) is 2.33. The van der Waals surface area contributed by atoms with E-state index in [9.17, 15) is 4.79 Å². The van der Waals surface area contributed by atoms with E-state index in [-0.39, 0.29) is 5.91 Å². The van der Waals surface area contributed by atoms with Crippen molar-refractivity contribution in [3.8, 4) is 0 Å². The van der Waals surface area contributed by atoms with Gasteiger partial charge in [0.05, 0.1) is 4.47 Å².